The number of hydrogen-bond donors (Lipinski definition) is 1. The highest BCUT2D eigenvalue weighted by Gasteiger charge is 2.01. The Kier molecular flexibility index (Phi) is 4.34. The van der Waals surface area contributed by atoms with Crippen LogP contribution in [-0.4, -0.2) is 13.2 Å². The highest BCUT2D eigenvalue weighted by molar-refractivity contribution is 5.43. The second-order valence-electron chi connectivity index (χ2n) is 4.20. The number of ether oxygens (including phenoxy) is 1. The van der Waals surface area contributed by atoms with Gasteiger partial charge in [-0.3, -0.25) is 0 Å². The van der Waals surface area contributed by atoms with Crippen LogP contribution in [-0.2, 0) is 0 Å². The Balaban J connectivity index is 1.81. The van der Waals surface area contributed by atoms with Gasteiger partial charge in [0.05, 0.1) is 0 Å². The maximum atomic E-state index is 12.9. The van der Waals surface area contributed by atoms with Gasteiger partial charge in [0.25, 0.3) is 0 Å². The van der Waals surface area contributed by atoms with E-state index in [1.807, 2.05) is 0 Å². The first-order chi connectivity index (χ1) is 9.15. The lowest BCUT2D eigenvalue weighted by Gasteiger charge is -2.10. The first-order valence-corrected chi connectivity index (χ1v) is 6.03. The van der Waals surface area contributed by atoms with E-state index >= 15 is 0 Å². The maximum Gasteiger partial charge on any atom is 0.125 e. The minimum atomic E-state index is -0.278. The van der Waals surface area contributed by atoms with Gasteiger partial charge >= 0.3 is 0 Å². The Bertz CT molecular complexity index is 558. The van der Waals surface area contributed by atoms with E-state index in [9.17, 15) is 8.78 Å². The van der Waals surface area contributed by atoms with E-state index < -0.39 is 0 Å². The van der Waals surface area contributed by atoms with E-state index in [4.69, 9.17) is 4.74 Å². The van der Waals surface area contributed by atoms with E-state index in [1.165, 1.54) is 24.3 Å². The number of nitrogens with one attached hydrogen (secondary N) is 1. The summed E-state index contributed by atoms with van der Waals surface area (Å²) in [6.07, 6.45) is 0. The van der Waals surface area contributed by atoms with Crippen molar-refractivity contribution in [2.75, 3.05) is 18.5 Å². The molecule has 2 rings (SSSR count). The number of aryl methyl sites for hydroxylation is 1. The van der Waals surface area contributed by atoms with Crippen LogP contribution in [0.2, 0.25) is 0 Å². The summed E-state index contributed by atoms with van der Waals surface area (Å²) in [7, 11) is 0. The van der Waals surface area contributed by atoms with Crippen LogP contribution in [0.1, 0.15) is 5.56 Å². The number of anilines is 1. The number of halogens is 2. The fraction of sp³-hybridized carbons (Fsp3) is 0.200. The lowest BCUT2D eigenvalue weighted by Crippen LogP contribution is -2.12. The van der Waals surface area contributed by atoms with E-state index in [-0.39, 0.29) is 11.6 Å². The van der Waals surface area contributed by atoms with E-state index in [0.717, 1.165) is 5.56 Å². The van der Waals surface area contributed by atoms with E-state index in [0.29, 0.717) is 24.6 Å². The summed E-state index contributed by atoms with van der Waals surface area (Å²) in [5, 5.41) is 3.05. The molecule has 19 heavy (non-hydrogen) atoms. The fourth-order valence-electron chi connectivity index (χ4n) is 1.73. The van der Waals surface area contributed by atoms with Crippen molar-refractivity contribution >= 4 is 5.69 Å². The summed E-state index contributed by atoms with van der Waals surface area (Å²) in [5.41, 5.74) is 1.46. The van der Waals surface area contributed by atoms with Crippen LogP contribution in [0.3, 0.4) is 0 Å². The van der Waals surface area contributed by atoms with Crippen molar-refractivity contribution in [1.82, 2.24) is 0 Å². The molecular weight excluding hydrogens is 248 g/mol. The molecule has 2 aromatic rings. The van der Waals surface area contributed by atoms with Gasteiger partial charge in [-0.1, -0.05) is 6.07 Å². The SMILES string of the molecule is Cc1cc(F)ccc1OCCNc1cccc(F)c1. The van der Waals surface area contributed by atoms with E-state index in [2.05, 4.69) is 5.32 Å². The Morgan fingerprint density at radius 1 is 1.05 bits per heavy atom. The minimum absolute atomic E-state index is 0.275. The average Bonchev–Trinajstić information content (AvgIpc) is 2.37. The highest BCUT2D eigenvalue weighted by atomic mass is 19.1. The zero-order chi connectivity index (χ0) is 13.7. The molecule has 0 aliphatic rings. The quantitative estimate of drug-likeness (QED) is 0.829. The molecule has 0 aliphatic heterocycles. The van der Waals surface area contributed by atoms with Gasteiger partial charge in [-0.15, -0.1) is 0 Å². The Morgan fingerprint density at radius 3 is 2.58 bits per heavy atom. The molecular formula is C15H15F2NO. The summed E-state index contributed by atoms with van der Waals surface area (Å²) >= 11 is 0. The molecule has 1 N–H and O–H groups in total. The molecule has 0 atom stereocenters. The lowest BCUT2D eigenvalue weighted by molar-refractivity contribution is 0.330. The molecule has 0 amide bonds. The summed E-state index contributed by atoms with van der Waals surface area (Å²) < 4.78 is 31.3. The summed E-state index contributed by atoms with van der Waals surface area (Å²) in [4.78, 5) is 0. The molecule has 0 aliphatic carbocycles. The Hall–Kier alpha value is -2.10. The van der Waals surface area contributed by atoms with Gasteiger partial charge in [0.2, 0.25) is 0 Å². The Morgan fingerprint density at radius 2 is 1.84 bits per heavy atom. The molecule has 0 aromatic heterocycles. The van der Waals surface area contributed by atoms with Crippen LogP contribution in [0.4, 0.5) is 14.5 Å². The van der Waals surface area contributed by atoms with Gasteiger partial charge in [0.15, 0.2) is 0 Å². The fourth-order valence-corrected chi connectivity index (χ4v) is 1.73. The zero-order valence-electron chi connectivity index (χ0n) is 10.6. The van der Waals surface area contributed by atoms with Crippen molar-refractivity contribution in [2.45, 2.75) is 6.92 Å². The smallest absolute Gasteiger partial charge is 0.125 e. The standard InChI is InChI=1S/C15H15F2NO/c1-11-9-13(17)5-6-15(11)19-8-7-18-14-4-2-3-12(16)10-14/h2-6,9-10,18H,7-8H2,1H3. The molecule has 0 spiro atoms. The zero-order valence-corrected chi connectivity index (χ0v) is 10.6. The molecule has 0 saturated heterocycles. The average molecular weight is 263 g/mol. The van der Waals surface area contributed by atoms with Crippen LogP contribution in [0.5, 0.6) is 5.75 Å². The van der Waals surface area contributed by atoms with Gasteiger partial charge in [-0.2, -0.15) is 0 Å². The minimum Gasteiger partial charge on any atom is -0.491 e. The molecule has 2 nitrogen and oxygen atoms in total. The van der Waals surface area contributed by atoms with Crippen LogP contribution < -0.4 is 10.1 Å². The van der Waals surface area contributed by atoms with Crippen LogP contribution in [0.25, 0.3) is 0 Å². The predicted octanol–water partition coefficient (Wildman–Crippen LogP) is 3.76. The molecule has 0 fully saturated rings. The van der Waals surface area contributed by atoms with Gasteiger partial charge in [0, 0.05) is 12.2 Å². The third-order valence-corrected chi connectivity index (χ3v) is 2.65. The summed E-state index contributed by atoms with van der Waals surface area (Å²) in [5.74, 6) is 0.102. The second-order valence-corrected chi connectivity index (χ2v) is 4.20. The molecule has 0 saturated carbocycles. The number of benzene rings is 2. The highest BCUT2D eigenvalue weighted by Crippen LogP contribution is 2.18. The Labute approximate surface area is 111 Å². The normalized spacial score (nSPS) is 10.3. The predicted molar refractivity (Wildman–Crippen MR) is 71.5 cm³/mol. The molecule has 2 aromatic carbocycles. The van der Waals surface area contributed by atoms with Crippen molar-refractivity contribution < 1.29 is 13.5 Å². The number of rotatable bonds is 5. The van der Waals surface area contributed by atoms with Crippen LogP contribution in [0.15, 0.2) is 42.5 Å². The van der Waals surface area contributed by atoms with Crippen LogP contribution in [0, 0.1) is 18.6 Å². The topological polar surface area (TPSA) is 21.3 Å². The van der Waals surface area contributed by atoms with Gasteiger partial charge < -0.3 is 10.1 Å². The summed E-state index contributed by atoms with van der Waals surface area (Å²) in [6, 6.07) is 10.6. The van der Waals surface area contributed by atoms with E-state index in [1.54, 1.807) is 25.1 Å². The molecule has 0 unspecified atom stereocenters. The molecule has 0 heterocycles. The van der Waals surface area contributed by atoms with Crippen molar-refractivity contribution in [3.8, 4) is 5.75 Å². The van der Waals surface area contributed by atoms with Gasteiger partial charge in [-0.25, -0.2) is 8.78 Å². The van der Waals surface area contributed by atoms with Gasteiger partial charge in [-0.05, 0) is 48.9 Å². The largest absolute Gasteiger partial charge is 0.491 e. The lowest BCUT2D eigenvalue weighted by atomic mass is 10.2. The second kappa shape index (κ2) is 6.18. The third kappa shape index (κ3) is 3.95. The summed E-state index contributed by atoms with van der Waals surface area (Å²) in [6.45, 7) is 2.75. The van der Waals surface area contributed by atoms with Crippen molar-refractivity contribution in [3.05, 3.63) is 59.7 Å². The van der Waals surface area contributed by atoms with Gasteiger partial charge in [0.1, 0.15) is 24.0 Å². The first kappa shape index (κ1) is 13.3. The molecule has 0 bridgehead atoms. The van der Waals surface area contributed by atoms with Crippen molar-refractivity contribution in [3.63, 3.8) is 0 Å². The van der Waals surface area contributed by atoms with Crippen molar-refractivity contribution in [1.29, 1.82) is 0 Å². The molecule has 0 radical (unpaired) electrons. The molecule has 100 valence electrons. The monoisotopic (exact) mass is 263 g/mol. The van der Waals surface area contributed by atoms with Crippen molar-refractivity contribution in [2.24, 2.45) is 0 Å². The van der Waals surface area contributed by atoms with Crippen LogP contribution >= 0.6 is 0 Å². The third-order valence-electron chi connectivity index (χ3n) is 2.65. The number of hydrogen-bond acceptors (Lipinski definition) is 2. The molecule has 4 heteroatoms. The maximum absolute atomic E-state index is 12.9. The first-order valence-electron chi connectivity index (χ1n) is 6.03.